The average molecular weight is 741 g/mol. The van der Waals surface area contributed by atoms with E-state index in [2.05, 4.69) is 35.3 Å². The van der Waals surface area contributed by atoms with Crippen molar-refractivity contribution in [3.05, 3.63) is 102 Å². The molecular weight excluding hydrogens is 704 g/mol. The van der Waals surface area contributed by atoms with Gasteiger partial charge in [-0.1, -0.05) is 57.1 Å². The molecule has 0 bridgehead atoms. The number of nitrogens with two attached hydrogens (primary N) is 1. The number of aliphatic hydroxyl groups excluding tert-OH is 2. The van der Waals surface area contributed by atoms with Gasteiger partial charge < -0.3 is 30.7 Å². The molecule has 6 atom stereocenters. The molecule has 5 rings (SSSR count). The van der Waals surface area contributed by atoms with Crippen LogP contribution in [0.3, 0.4) is 0 Å². The number of aromatic nitrogens is 4. The molecule has 4 heterocycles. The summed E-state index contributed by atoms with van der Waals surface area (Å²) in [5, 5.41) is 27.5. The number of nitrogens with one attached hydrogen (secondary N) is 1. The molecule has 0 unspecified atom stereocenters. The van der Waals surface area contributed by atoms with Gasteiger partial charge in [-0.15, -0.1) is 0 Å². The number of alkyl halides is 4. The number of nitrogen functional groups attached to an aromatic ring is 1. The van der Waals surface area contributed by atoms with E-state index < -0.39 is 71.7 Å². The fourth-order valence-corrected chi connectivity index (χ4v) is 5.14. The quantitative estimate of drug-likeness (QED) is 0.110. The van der Waals surface area contributed by atoms with Crippen LogP contribution in [0, 0.1) is 5.92 Å². The van der Waals surface area contributed by atoms with E-state index in [0.717, 1.165) is 18.5 Å². The molecule has 1 aromatic carbocycles. The Hall–Kier alpha value is -5.57. The number of aliphatic hydroxyl groups is 2. The van der Waals surface area contributed by atoms with Crippen molar-refractivity contribution in [1.82, 2.24) is 19.1 Å². The Balaban J connectivity index is 0.000000363. The first kappa shape index (κ1) is 42.6. The molecule has 2 saturated heterocycles. The van der Waals surface area contributed by atoms with Crippen LogP contribution < -0.4 is 22.4 Å². The number of hydrogen-bond donors (Lipinski definition) is 4. The van der Waals surface area contributed by atoms with E-state index >= 15 is 0 Å². The van der Waals surface area contributed by atoms with Gasteiger partial charge in [-0.25, -0.2) is 18.4 Å². The van der Waals surface area contributed by atoms with E-state index in [-0.39, 0.29) is 32.9 Å². The highest BCUT2D eigenvalue weighted by Gasteiger charge is 2.67. The van der Waals surface area contributed by atoms with Crippen molar-refractivity contribution in [3.8, 4) is 0 Å². The zero-order valence-electron chi connectivity index (χ0n) is 25.9. The molecule has 0 radical (unpaired) electrons. The lowest BCUT2D eigenvalue weighted by molar-refractivity contribution is -0.144. The Labute approximate surface area is 291 Å². The molecule has 2 aliphatic heterocycles. The van der Waals surface area contributed by atoms with Crippen molar-refractivity contribution in [2.75, 3.05) is 17.7 Å². The summed E-state index contributed by atoms with van der Waals surface area (Å²) < 4.78 is 69.0. The minimum absolute atomic E-state index is 0. The number of nitrogens with zero attached hydrogens (tertiary/aromatic N) is 10. The van der Waals surface area contributed by atoms with Crippen LogP contribution in [0.15, 0.2) is 74.7 Å². The third kappa shape index (κ3) is 7.68. The van der Waals surface area contributed by atoms with Gasteiger partial charge >= 0.3 is 17.3 Å². The molecule has 2 aromatic heterocycles. The summed E-state index contributed by atoms with van der Waals surface area (Å²) in [6, 6.07) is 10.5. The van der Waals surface area contributed by atoms with Crippen LogP contribution >= 0.6 is 0 Å². The Morgan fingerprint density at radius 3 is 1.98 bits per heavy atom. The first-order valence-electron chi connectivity index (χ1n) is 14.4. The van der Waals surface area contributed by atoms with Gasteiger partial charge in [-0.3, -0.25) is 13.9 Å². The normalized spacial score (nSPS) is 26.5. The Morgan fingerprint density at radius 2 is 1.46 bits per heavy atom. The van der Waals surface area contributed by atoms with E-state index in [0.29, 0.717) is 14.7 Å². The molecule has 282 valence electrons. The van der Waals surface area contributed by atoms with Gasteiger partial charge in [0.2, 0.25) is 18.2 Å². The largest absolute Gasteiger partial charge is 0.393 e. The molecule has 1 amide bonds. The standard InChI is InChI=1S/C18H18F2N6O3.C9H10F2N6O4.2CH4/c1-3-17(24-25-21)11(2)18(19,20)15(29-17)26-10-9-13(23-16(26)28)22-14(27)12-7-5-4-6-8-12;10-9(11)5(19)8(3-18,15-16-13)21-6(9)17-2-1-4(12)14-7(17)20;;/h4-11,15H,3H2,1-2H3,(H,22,23,27,28);1-2,5-6,18-19H,3H2,(H2,12,14,20);2*1H4/t11-,15-,17-;5-,6-,8-;;/m11../s1. The van der Waals surface area contributed by atoms with Crippen molar-refractivity contribution < 1.29 is 42.0 Å². The van der Waals surface area contributed by atoms with Crippen LogP contribution in [0.5, 0.6) is 0 Å². The molecule has 52 heavy (non-hydrogen) atoms. The minimum Gasteiger partial charge on any atom is -0.393 e. The van der Waals surface area contributed by atoms with Crippen LogP contribution in [0.1, 0.15) is 57.9 Å². The maximum absolute atomic E-state index is 14.8. The maximum Gasteiger partial charge on any atom is 0.351 e. The molecule has 0 spiro atoms. The van der Waals surface area contributed by atoms with Crippen molar-refractivity contribution in [1.29, 1.82) is 0 Å². The first-order valence-corrected chi connectivity index (χ1v) is 14.4. The summed E-state index contributed by atoms with van der Waals surface area (Å²) in [5.41, 5.74) is 16.1. The summed E-state index contributed by atoms with van der Waals surface area (Å²) >= 11 is 0. The van der Waals surface area contributed by atoms with E-state index in [1.165, 1.54) is 13.0 Å². The summed E-state index contributed by atoms with van der Waals surface area (Å²) in [5.74, 6) is -9.76. The molecule has 2 aliphatic rings. The van der Waals surface area contributed by atoms with E-state index in [4.69, 9.17) is 31.4 Å². The summed E-state index contributed by atoms with van der Waals surface area (Å²) in [6.45, 7) is 1.54. The molecule has 3 aromatic rings. The molecule has 5 N–H and O–H groups in total. The lowest BCUT2D eigenvalue weighted by Crippen LogP contribution is -2.47. The molecule has 0 saturated carbocycles. The number of ether oxygens (including phenoxy) is 2. The lowest BCUT2D eigenvalue weighted by Gasteiger charge is -2.25. The summed E-state index contributed by atoms with van der Waals surface area (Å²) in [7, 11) is 0. The number of carbonyl (C=O) groups excluding carboxylic acids is 1. The van der Waals surface area contributed by atoms with Gasteiger partial charge in [0.05, 0.1) is 12.5 Å². The van der Waals surface area contributed by atoms with E-state index in [9.17, 15) is 37.1 Å². The fourth-order valence-electron chi connectivity index (χ4n) is 5.14. The van der Waals surface area contributed by atoms with Gasteiger partial charge in [-0.05, 0) is 41.7 Å². The van der Waals surface area contributed by atoms with Crippen molar-refractivity contribution in [3.63, 3.8) is 0 Å². The van der Waals surface area contributed by atoms with Gasteiger partial charge in [0, 0.05) is 27.8 Å². The zero-order chi connectivity index (χ0) is 37.1. The highest BCUT2D eigenvalue weighted by atomic mass is 19.3. The highest BCUT2D eigenvalue weighted by molar-refractivity contribution is 6.03. The van der Waals surface area contributed by atoms with Crippen LogP contribution in [0.4, 0.5) is 29.2 Å². The second kappa shape index (κ2) is 16.2. The van der Waals surface area contributed by atoms with Gasteiger partial charge in [-0.2, -0.15) is 18.7 Å². The van der Waals surface area contributed by atoms with Crippen molar-refractivity contribution in [2.45, 2.75) is 77.0 Å². The van der Waals surface area contributed by atoms with Crippen molar-refractivity contribution >= 4 is 17.5 Å². The molecule has 23 heteroatoms. The summed E-state index contributed by atoms with van der Waals surface area (Å²) in [6.07, 6.45) is -5.02. The third-order valence-corrected chi connectivity index (χ3v) is 7.96. The predicted molar refractivity (Wildman–Crippen MR) is 176 cm³/mol. The topological polar surface area (TPSA) is 281 Å². The lowest BCUT2D eigenvalue weighted by atomic mass is 9.92. The molecular formula is C29H36F4N12O7. The number of amides is 1. The van der Waals surface area contributed by atoms with Gasteiger partial charge in [0.1, 0.15) is 11.6 Å². The summed E-state index contributed by atoms with van der Waals surface area (Å²) in [4.78, 5) is 47.9. The van der Waals surface area contributed by atoms with Gasteiger partial charge in [0.25, 0.3) is 11.8 Å². The Morgan fingerprint density at radius 1 is 0.942 bits per heavy atom. The highest BCUT2D eigenvalue weighted by Crippen LogP contribution is 2.53. The number of anilines is 2. The maximum atomic E-state index is 14.8. The number of azide groups is 2. The van der Waals surface area contributed by atoms with Crippen LogP contribution in [-0.4, -0.2) is 71.2 Å². The van der Waals surface area contributed by atoms with Crippen LogP contribution in [-0.2, 0) is 9.47 Å². The number of benzene rings is 1. The smallest absolute Gasteiger partial charge is 0.351 e. The van der Waals surface area contributed by atoms with Crippen LogP contribution in [0.25, 0.3) is 20.9 Å². The predicted octanol–water partition coefficient (Wildman–Crippen LogP) is 4.33. The Bertz CT molecular complexity index is 1960. The van der Waals surface area contributed by atoms with E-state index in [1.54, 1.807) is 37.3 Å². The fraction of sp³-hybridized carbons (Fsp3) is 0.483. The minimum atomic E-state index is -4.02. The molecule has 0 aliphatic carbocycles. The number of hydrogen-bond acceptors (Lipinski definition) is 12. The Kier molecular flexibility index (Phi) is 13.3. The molecule has 19 nitrogen and oxygen atoms in total. The second-order valence-corrected chi connectivity index (χ2v) is 10.9. The monoisotopic (exact) mass is 740 g/mol. The third-order valence-electron chi connectivity index (χ3n) is 7.96. The zero-order valence-corrected chi connectivity index (χ0v) is 25.9. The number of halogens is 4. The first-order chi connectivity index (χ1) is 23.5. The number of rotatable bonds is 8. The van der Waals surface area contributed by atoms with E-state index in [1.807, 2.05) is 0 Å². The average Bonchev–Trinajstić information content (AvgIpc) is 3.40. The number of carbonyl (C=O) groups is 1. The SMILES string of the molecule is C.C.CC[C@@]1(N=[N+]=[N-])O[C@@H](n2ccc(NC(=O)c3ccccc3)nc2=O)C(F)(F)[C@@H]1C.[N-]=[N+]=N[C@]1(CO)O[C@@H](n2ccc(N)nc2=O)C(F)(F)[C@@H]1O. The second-order valence-electron chi connectivity index (χ2n) is 10.9. The van der Waals surface area contributed by atoms with Gasteiger partial charge in [0.15, 0.2) is 11.8 Å². The van der Waals surface area contributed by atoms with Crippen molar-refractivity contribution in [2.24, 2.45) is 16.1 Å². The van der Waals surface area contributed by atoms with Crippen LogP contribution in [0.2, 0.25) is 0 Å². The molecule has 2 fully saturated rings.